The topological polar surface area (TPSA) is 141 Å². The number of hydrogen-bond acceptors (Lipinski definition) is 9. The van der Waals surface area contributed by atoms with Crippen LogP contribution in [-0.4, -0.2) is 76.7 Å². The van der Waals surface area contributed by atoms with Gasteiger partial charge in [-0.15, -0.1) is 0 Å². The quantitative estimate of drug-likeness (QED) is 0.157. The molecule has 2 N–H and O–H groups in total. The van der Waals surface area contributed by atoms with Crippen LogP contribution in [0.15, 0.2) is 54.5 Å². The average molecular weight is 650 g/mol. The highest BCUT2D eigenvalue weighted by Gasteiger charge is 2.74. The van der Waals surface area contributed by atoms with E-state index in [-0.39, 0.29) is 16.8 Å². The van der Waals surface area contributed by atoms with Gasteiger partial charge < -0.3 is 19.1 Å². The van der Waals surface area contributed by atoms with E-state index in [0.717, 1.165) is 12.3 Å². The number of carbonyl (C=O) groups is 3. The van der Waals surface area contributed by atoms with Gasteiger partial charge in [0.25, 0.3) is 6.43 Å². The summed E-state index contributed by atoms with van der Waals surface area (Å²) >= 11 is 0. The average Bonchev–Trinajstić information content (AvgIpc) is 3.14. The van der Waals surface area contributed by atoms with Crippen LogP contribution in [0.4, 0.5) is 22.0 Å². The fourth-order valence-corrected chi connectivity index (χ4v) is 5.95. The first-order valence-electron chi connectivity index (χ1n) is 13.1. The van der Waals surface area contributed by atoms with Crippen molar-refractivity contribution in [2.24, 2.45) is 0 Å². The summed E-state index contributed by atoms with van der Waals surface area (Å²) in [5, 5.41) is 13.8. The zero-order valence-corrected chi connectivity index (χ0v) is 24.3. The fraction of sp³-hybridized carbons (Fsp3) is 0.444. The maximum absolute atomic E-state index is 15.4. The number of fused-ring (bicyclic) bond motifs is 1. The lowest BCUT2D eigenvalue weighted by molar-refractivity contribution is -0.243. The minimum atomic E-state index is -5.04. The molecular formula is C27H28F5N2O9P. The highest BCUT2D eigenvalue weighted by molar-refractivity contribution is 7.52. The Bertz CT molecular complexity index is 1520. The number of aliphatic hydroxyl groups is 1. The van der Waals surface area contributed by atoms with Gasteiger partial charge in [0.15, 0.2) is 18.2 Å². The van der Waals surface area contributed by atoms with Gasteiger partial charge in [-0.25, -0.2) is 17.7 Å². The second-order valence-corrected chi connectivity index (χ2v) is 12.0. The summed E-state index contributed by atoms with van der Waals surface area (Å²) in [5.41, 5.74) is -4.07. The Morgan fingerprint density at radius 2 is 1.82 bits per heavy atom. The van der Waals surface area contributed by atoms with E-state index in [0.29, 0.717) is 5.39 Å². The molecule has 2 aliphatic heterocycles. The molecule has 11 nitrogen and oxygen atoms in total. The first-order valence-corrected chi connectivity index (χ1v) is 14.7. The van der Waals surface area contributed by atoms with Crippen LogP contribution in [0, 0.1) is 0 Å². The minimum Gasteiger partial charge on any atom is -0.462 e. The van der Waals surface area contributed by atoms with Crippen molar-refractivity contribution in [2.45, 2.75) is 69.6 Å². The second kappa shape index (κ2) is 12.5. The number of ketones is 1. The number of carbonyl (C=O) groups excluding carboxylic acids is 3. The van der Waals surface area contributed by atoms with E-state index in [1.807, 2.05) is 0 Å². The molecule has 0 aliphatic carbocycles. The summed E-state index contributed by atoms with van der Waals surface area (Å²) in [6.45, 7) is 2.27. The third kappa shape index (κ3) is 6.49. The number of amides is 1. The number of rotatable bonds is 11. The van der Waals surface area contributed by atoms with Crippen molar-refractivity contribution in [1.82, 2.24) is 9.99 Å². The van der Waals surface area contributed by atoms with Gasteiger partial charge in [-0.3, -0.25) is 23.8 Å². The van der Waals surface area contributed by atoms with Gasteiger partial charge in [-0.05, 0) is 43.7 Å². The van der Waals surface area contributed by atoms with Crippen LogP contribution < -0.4 is 9.61 Å². The number of benzene rings is 2. The summed E-state index contributed by atoms with van der Waals surface area (Å²) in [4.78, 5) is 36.2. The Morgan fingerprint density at radius 3 is 2.45 bits per heavy atom. The summed E-state index contributed by atoms with van der Waals surface area (Å²) in [6, 6.07) is 9.61. The minimum absolute atomic E-state index is 0.0624. The lowest BCUT2D eigenvalue weighted by Gasteiger charge is -2.34. The Morgan fingerprint density at radius 1 is 1.16 bits per heavy atom. The van der Waals surface area contributed by atoms with Crippen LogP contribution in [-0.2, 0) is 32.9 Å². The second-order valence-electron chi connectivity index (χ2n) is 10.4. The molecule has 2 aromatic rings. The Labute approximate surface area is 247 Å². The number of nitrogens with one attached hydrogen (secondary N) is 1. The number of alkyl halides is 4. The molecule has 0 spiro atoms. The van der Waals surface area contributed by atoms with Crippen molar-refractivity contribution in [2.75, 3.05) is 6.61 Å². The first-order chi connectivity index (χ1) is 20.5. The van der Waals surface area contributed by atoms with Crippen molar-refractivity contribution >= 4 is 36.2 Å². The third-order valence-electron chi connectivity index (χ3n) is 6.73. The summed E-state index contributed by atoms with van der Waals surface area (Å²) in [7, 11) is -5.04. The molecule has 2 aliphatic rings. The zero-order chi connectivity index (χ0) is 32.6. The molecule has 240 valence electrons. The maximum atomic E-state index is 15.4. The van der Waals surface area contributed by atoms with Crippen LogP contribution in [0.25, 0.3) is 10.8 Å². The number of esters is 1. The molecule has 0 aromatic heterocycles. The zero-order valence-electron chi connectivity index (χ0n) is 23.4. The number of aliphatic hydroxyl groups excluding tert-OH is 1. The Kier molecular flexibility index (Phi) is 9.52. The molecule has 0 bridgehead atoms. The number of hydrogen-bond donors (Lipinski definition) is 2. The van der Waals surface area contributed by atoms with Crippen molar-refractivity contribution in [3.63, 3.8) is 0 Å². The van der Waals surface area contributed by atoms with Crippen molar-refractivity contribution in [1.29, 1.82) is 0 Å². The number of allylic oxidation sites excluding steroid dienone is 1. The van der Waals surface area contributed by atoms with Gasteiger partial charge in [0.2, 0.25) is 17.3 Å². The molecule has 1 saturated heterocycles. The third-order valence-corrected chi connectivity index (χ3v) is 8.36. The lowest BCUT2D eigenvalue weighted by atomic mass is 9.95. The lowest BCUT2D eigenvalue weighted by Crippen LogP contribution is -2.57. The van der Waals surface area contributed by atoms with Gasteiger partial charge in [-0.1, -0.05) is 30.3 Å². The highest BCUT2D eigenvalue weighted by atomic mass is 31.2. The summed E-state index contributed by atoms with van der Waals surface area (Å²) in [6.07, 6.45) is -11.5. The molecule has 2 heterocycles. The molecule has 2 aromatic carbocycles. The van der Waals surface area contributed by atoms with E-state index in [9.17, 15) is 37.2 Å². The fourth-order valence-electron chi connectivity index (χ4n) is 4.44. The predicted octanol–water partition coefficient (Wildman–Crippen LogP) is 4.24. The van der Waals surface area contributed by atoms with Gasteiger partial charge in [0, 0.05) is 6.20 Å². The Hall–Kier alpha value is -3.43. The number of halogens is 5. The Balaban J connectivity index is 1.67. The standard InChI is InChI=1S/C27H28F5N2O9P/c1-14(2)41-24(38)15(3)33-44(39,43-18-9-8-16-6-4-5-7-17(16)10-18)40-13-26(25(29)30)27(31,32)22(37)23(42-26)34-12-19(28)20(35)11-21(34)36/h4-10,12,14-15,22-23,25,37H,11,13H2,1-3H3,(H,33,39)/t15-,22-,23+,26-,44?/m0/s1. The van der Waals surface area contributed by atoms with E-state index >= 15 is 8.78 Å². The molecule has 17 heteroatoms. The van der Waals surface area contributed by atoms with Crippen molar-refractivity contribution < 1.29 is 64.5 Å². The maximum Gasteiger partial charge on any atom is 0.459 e. The van der Waals surface area contributed by atoms with Crippen molar-refractivity contribution in [3.8, 4) is 5.75 Å². The van der Waals surface area contributed by atoms with Crippen molar-refractivity contribution in [3.05, 3.63) is 54.5 Å². The molecule has 1 amide bonds. The van der Waals surface area contributed by atoms with Gasteiger partial charge in [-0.2, -0.15) is 13.9 Å². The molecule has 0 radical (unpaired) electrons. The molecule has 1 fully saturated rings. The molecular weight excluding hydrogens is 622 g/mol. The predicted molar refractivity (Wildman–Crippen MR) is 142 cm³/mol. The largest absolute Gasteiger partial charge is 0.462 e. The van der Waals surface area contributed by atoms with E-state index in [1.54, 1.807) is 30.3 Å². The van der Waals surface area contributed by atoms with Gasteiger partial charge >= 0.3 is 19.6 Å². The molecule has 44 heavy (non-hydrogen) atoms. The number of Topliss-reactive ketones (excluding diaryl/α,β-unsaturated/α-hetero) is 1. The highest BCUT2D eigenvalue weighted by Crippen LogP contribution is 2.53. The van der Waals surface area contributed by atoms with Crippen LogP contribution in [0.5, 0.6) is 5.75 Å². The number of nitrogens with zero attached hydrogens (tertiary/aromatic N) is 1. The van der Waals surface area contributed by atoms with Crippen LogP contribution in [0.1, 0.15) is 27.2 Å². The molecule has 4 rings (SSSR count). The van der Waals surface area contributed by atoms with Crippen LogP contribution in [0.2, 0.25) is 0 Å². The molecule has 1 unspecified atom stereocenters. The number of ether oxygens (including phenoxy) is 2. The van der Waals surface area contributed by atoms with E-state index in [4.69, 9.17) is 18.5 Å². The van der Waals surface area contributed by atoms with E-state index in [1.165, 1.54) is 26.0 Å². The first kappa shape index (κ1) is 33.5. The monoisotopic (exact) mass is 650 g/mol. The van der Waals surface area contributed by atoms with Gasteiger partial charge in [0.05, 0.1) is 19.1 Å². The van der Waals surface area contributed by atoms with Crippen LogP contribution in [0.3, 0.4) is 0 Å². The molecule has 5 atom stereocenters. The van der Waals surface area contributed by atoms with Crippen LogP contribution >= 0.6 is 7.75 Å². The summed E-state index contributed by atoms with van der Waals surface area (Å²) in [5.74, 6) is -10.2. The summed E-state index contributed by atoms with van der Waals surface area (Å²) < 4.78 is 108. The smallest absolute Gasteiger partial charge is 0.459 e. The normalized spacial score (nSPS) is 25.7. The SMILES string of the molecule is CC(C)OC(=O)[C@H](C)NP(=O)(OC[C@@]1(C(F)F)O[C@@H](N2C=C(F)C(=O)CC2=O)[C@H](O)C1(F)F)Oc1ccc2ccccc2c1. The van der Waals surface area contributed by atoms with Gasteiger partial charge in [0.1, 0.15) is 11.8 Å². The molecule has 0 saturated carbocycles. The van der Waals surface area contributed by atoms with E-state index < -0.39 is 86.7 Å². The van der Waals surface area contributed by atoms with E-state index in [2.05, 4.69) is 5.09 Å².